The van der Waals surface area contributed by atoms with Crippen molar-refractivity contribution in [3.05, 3.63) is 64.7 Å². The van der Waals surface area contributed by atoms with Crippen LogP contribution in [0.3, 0.4) is 0 Å². The number of unbranched alkanes of at least 4 members (excludes halogenated alkanes) is 1. The minimum absolute atomic E-state index is 0.0670. The Labute approximate surface area is 175 Å². The number of benzene rings is 2. The zero-order chi connectivity index (χ0) is 20.0. The van der Waals surface area contributed by atoms with E-state index in [1.54, 1.807) is 0 Å². The van der Waals surface area contributed by atoms with E-state index in [9.17, 15) is 0 Å². The van der Waals surface area contributed by atoms with E-state index in [2.05, 4.69) is 49.9 Å². The Balaban J connectivity index is 1.35. The first-order chi connectivity index (χ1) is 13.4. The van der Waals surface area contributed by atoms with Crippen molar-refractivity contribution >= 4 is 11.6 Å². The Kier molecular flexibility index (Phi) is 7.42. The molecular weight excluding hydrogens is 366 g/mol. The van der Waals surface area contributed by atoms with E-state index >= 15 is 0 Å². The third-order valence-electron chi connectivity index (χ3n) is 5.93. The molecule has 0 spiro atoms. The standard InChI is InChI=1S/C25H34ClNO/c1-20(2)22-9-7-21(8-10-22)6-4-5-17-27-18-15-25(3,16-19-27)28-24-13-11-23(26)12-14-24/h7-14,20H,4-6,15-19H2,1-3H3. The number of hydrogen-bond acceptors (Lipinski definition) is 2. The molecule has 152 valence electrons. The van der Waals surface area contributed by atoms with Gasteiger partial charge in [0.15, 0.2) is 0 Å². The van der Waals surface area contributed by atoms with Crippen molar-refractivity contribution < 1.29 is 4.74 Å². The first kappa shape index (κ1) is 21.2. The molecule has 0 N–H and O–H groups in total. The summed E-state index contributed by atoms with van der Waals surface area (Å²) in [6, 6.07) is 16.9. The van der Waals surface area contributed by atoms with Crippen molar-refractivity contribution in [3.8, 4) is 5.75 Å². The fourth-order valence-electron chi connectivity index (χ4n) is 3.87. The van der Waals surface area contributed by atoms with E-state index in [4.69, 9.17) is 16.3 Å². The summed E-state index contributed by atoms with van der Waals surface area (Å²) in [6.07, 6.45) is 5.86. The molecule has 1 heterocycles. The van der Waals surface area contributed by atoms with Gasteiger partial charge in [-0.05, 0) is 86.9 Å². The molecule has 3 rings (SSSR count). The van der Waals surface area contributed by atoms with Gasteiger partial charge in [0.1, 0.15) is 11.4 Å². The van der Waals surface area contributed by atoms with Crippen LogP contribution in [0.15, 0.2) is 48.5 Å². The minimum atomic E-state index is -0.0670. The van der Waals surface area contributed by atoms with Crippen molar-refractivity contribution in [2.45, 2.75) is 64.4 Å². The maximum atomic E-state index is 6.27. The van der Waals surface area contributed by atoms with Crippen LogP contribution in [-0.2, 0) is 6.42 Å². The predicted octanol–water partition coefficient (Wildman–Crippen LogP) is 6.72. The quantitative estimate of drug-likeness (QED) is 0.457. The van der Waals surface area contributed by atoms with Gasteiger partial charge in [0.2, 0.25) is 0 Å². The van der Waals surface area contributed by atoms with Gasteiger partial charge < -0.3 is 9.64 Å². The van der Waals surface area contributed by atoms with Gasteiger partial charge in [0.25, 0.3) is 0 Å². The molecule has 1 aliphatic rings. The van der Waals surface area contributed by atoms with Gasteiger partial charge in [0, 0.05) is 18.1 Å². The molecule has 2 aromatic carbocycles. The molecule has 0 saturated carbocycles. The molecule has 0 bridgehead atoms. The summed E-state index contributed by atoms with van der Waals surface area (Å²) in [5, 5.41) is 0.753. The molecule has 1 saturated heterocycles. The van der Waals surface area contributed by atoms with Gasteiger partial charge >= 0.3 is 0 Å². The lowest BCUT2D eigenvalue weighted by atomic mass is 9.93. The van der Waals surface area contributed by atoms with Crippen LogP contribution in [0.1, 0.15) is 63.5 Å². The molecule has 2 aromatic rings. The van der Waals surface area contributed by atoms with E-state index in [0.29, 0.717) is 5.92 Å². The molecule has 0 aliphatic carbocycles. The lowest BCUT2D eigenvalue weighted by molar-refractivity contribution is 0.0164. The van der Waals surface area contributed by atoms with E-state index in [1.807, 2.05) is 24.3 Å². The number of hydrogen-bond donors (Lipinski definition) is 0. The number of piperidine rings is 1. The average Bonchev–Trinajstić information content (AvgIpc) is 2.69. The molecule has 3 heteroatoms. The minimum Gasteiger partial charge on any atom is -0.487 e. The van der Waals surface area contributed by atoms with E-state index in [-0.39, 0.29) is 5.60 Å². The van der Waals surface area contributed by atoms with Crippen molar-refractivity contribution in [1.82, 2.24) is 4.90 Å². The monoisotopic (exact) mass is 399 g/mol. The zero-order valence-corrected chi connectivity index (χ0v) is 18.3. The Morgan fingerprint density at radius 3 is 2.21 bits per heavy atom. The summed E-state index contributed by atoms with van der Waals surface area (Å²) in [7, 11) is 0. The number of halogens is 1. The molecule has 2 nitrogen and oxygen atoms in total. The Morgan fingerprint density at radius 1 is 0.964 bits per heavy atom. The molecule has 0 atom stereocenters. The Hall–Kier alpha value is -1.51. The van der Waals surface area contributed by atoms with Gasteiger partial charge in [-0.1, -0.05) is 49.7 Å². The third kappa shape index (κ3) is 6.25. The van der Waals surface area contributed by atoms with Crippen LogP contribution in [0.4, 0.5) is 0 Å². The second-order valence-corrected chi connectivity index (χ2v) is 9.14. The average molecular weight is 400 g/mol. The Morgan fingerprint density at radius 2 is 1.61 bits per heavy atom. The molecule has 0 amide bonds. The van der Waals surface area contributed by atoms with Gasteiger partial charge in [0.05, 0.1) is 0 Å². The fourth-order valence-corrected chi connectivity index (χ4v) is 4.00. The number of ether oxygens (including phenoxy) is 1. The second-order valence-electron chi connectivity index (χ2n) is 8.70. The lowest BCUT2D eigenvalue weighted by Crippen LogP contribution is -2.46. The summed E-state index contributed by atoms with van der Waals surface area (Å²) in [5.41, 5.74) is 2.83. The van der Waals surface area contributed by atoms with Crippen LogP contribution in [-0.4, -0.2) is 30.1 Å². The van der Waals surface area contributed by atoms with Gasteiger partial charge in [-0.2, -0.15) is 0 Å². The van der Waals surface area contributed by atoms with Crippen LogP contribution < -0.4 is 4.74 Å². The molecule has 28 heavy (non-hydrogen) atoms. The maximum absolute atomic E-state index is 6.27. The lowest BCUT2D eigenvalue weighted by Gasteiger charge is -2.39. The highest BCUT2D eigenvalue weighted by Gasteiger charge is 2.31. The van der Waals surface area contributed by atoms with E-state index in [0.717, 1.165) is 36.7 Å². The summed E-state index contributed by atoms with van der Waals surface area (Å²) < 4.78 is 6.27. The summed E-state index contributed by atoms with van der Waals surface area (Å²) in [5.74, 6) is 1.53. The maximum Gasteiger partial charge on any atom is 0.120 e. The van der Waals surface area contributed by atoms with Crippen LogP contribution >= 0.6 is 11.6 Å². The van der Waals surface area contributed by atoms with Crippen LogP contribution in [0.5, 0.6) is 5.75 Å². The highest BCUT2D eigenvalue weighted by atomic mass is 35.5. The van der Waals surface area contributed by atoms with Crippen molar-refractivity contribution in [2.24, 2.45) is 0 Å². The highest BCUT2D eigenvalue weighted by molar-refractivity contribution is 6.30. The normalized spacial score (nSPS) is 17.0. The number of rotatable bonds is 8. The van der Waals surface area contributed by atoms with Crippen molar-refractivity contribution in [3.63, 3.8) is 0 Å². The SMILES string of the molecule is CC(C)c1ccc(CCCCN2CCC(C)(Oc3ccc(Cl)cc3)CC2)cc1. The molecule has 0 unspecified atom stereocenters. The zero-order valence-electron chi connectivity index (χ0n) is 17.6. The molecule has 0 radical (unpaired) electrons. The smallest absolute Gasteiger partial charge is 0.120 e. The fraction of sp³-hybridized carbons (Fsp3) is 0.520. The van der Waals surface area contributed by atoms with Gasteiger partial charge in [-0.3, -0.25) is 0 Å². The van der Waals surface area contributed by atoms with Gasteiger partial charge in [-0.15, -0.1) is 0 Å². The Bertz CT molecular complexity index is 715. The van der Waals surface area contributed by atoms with Crippen LogP contribution in [0.2, 0.25) is 5.02 Å². The topological polar surface area (TPSA) is 12.5 Å². The van der Waals surface area contributed by atoms with Gasteiger partial charge in [-0.25, -0.2) is 0 Å². The summed E-state index contributed by atoms with van der Waals surface area (Å²) in [4.78, 5) is 2.59. The predicted molar refractivity (Wildman–Crippen MR) is 120 cm³/mol. The van der Waals surface area contributed by atoms with Crippen molar-refractivity contribution in [1.29, 1.82) is 0 Å². The molecule has 1 fully saturated rings. The number of likely N-dealkylation sites (tertiary alicyclic amines) is 1. The first-order valence-electron chi connectivity index (χ1n) is 10.7. The van der Waals surface area contributed by atoms with E-state index < -0.39 is 0 Å². The summed E-state index contributed by atoms with van der Waals surface area (Å²) >= 11 is 5.96. The molecule has 0 aromatic heterocycles. The second kappa shape index (κ2) is 9.80. The highest BCUT2D eigenvalue weighted by Crippen LogP contribution is 2.29. The largest absolute Gasteiger partial charge is 0.487 e. The van der Waals surface area contributed by atoms with Crippen LogP contribution in [0.25, 0.3) is 0 Å². The van der Waals surface area contributed by atoms with Crippen molar-refractivity contribution in [2.75, 3.05) is 19.6 Å². The first-order valence-corrected chi connectivity index (χ1v) is 11.1. The molecule has 1 aliphatic heterocycles. The third-order valence-corrected chi connectivity index (χ3v) is 6.18. The summed E-state index contributed by atoms with van der Waals surface area (Å²) in [6.45, 7) is 10.2. The number of aryl methyl sites for hydroxylation is 1. The van der Waals surface area contributed by atoms with Crippen LogP contribution in [0, 0.1) is 0 Å². The number of nitrogens with zero attached hydrogens (tertiary/aromatic N) is 1. The van der Waals surface area contributed by atoms with E-state index in [1.165, 1.54) is 36.9 Å². The molecular formula is C25H34ClNO.